The molecule has 1 fully saturated rings. The molecule has 0 aliphatic heterocycles. The molecular weight excluding hydrogens is 438 g/mol. The van der Waals surface area contributed by atoms with Crippen LogP contribution in [-0.4, -0.2) is 46.5 Å². The Labute approximate surface area is 194 Å². The van der Waals surface area contributed by atoms with Crippen LogP contribution in [0.5, 0.6) is 0 Å². The monoisotopic (exact) mass is 467 g/mol. The smallest absolute Gasteiger partial charge is 0.251 e. The number of carbonyl (C=O) groups excluding carboxylic acids is 1. The number of nitrogens with one attached hydrogen (secondary N) is 1. The number of sulfonamides is 1. The maximum Gasteiger partial charge on any atom is 0.251 e. The lowest BCUT2D eigenvalue weighted by Gasteiger charge is -2.30. The first kappa shape index (κ1) is 23.1. The lowest BCUT2D eigenvalue weighted by Crippen LogP contribution is -2.38. The van der Waals surface area contributed by atoms with Gasteiger partial charge >= 0.3 is 0 Å². The zero-order valence-corrected chi connectivity index (χ0v) is 19.5. The van der Waals surface area contributed by atoms with Crippen LogP contribution < -0.4 is 5.32 Å². The van der Waals surface area contributed by atoms with E-state index in [1.165, 1.54) is 29.2 Å². The summed E-state index contributed by atoms with van der Waals surface area (Å²) in [5, 5.41) is 7.06. The SMILES string of the molecule is CN(C1CCCCC1)S(=O)(=O)c1ccc(C(=O)NCc2ccccc2Cn2cncn2)cc1. The summed E-state index contributed by atoms with van der Waals surface area (Å²) in [4.78, 5) is 16.9. The zero-order valence-electron chi connectivity index (χ0n) is 18.7. The Morgan fingerprint density at radius 1 is 1.06 bits per heavy atom. The first-order chi connectivity index (χ1) is 15.9. The molecule has 4 rings (SSSR count). The van der Waals surface area contributed by atoms with Gasteiger partial charge in [0.1, 0.15) is 12.7 Å². The number of aromatic nitrogens is 3. The lowest BCUT2D eigenvalue weighted by atomic mass is 9.96. The van der Waals surface area contributed by atoms with Crippen LogP contribution in [0.1, 0.15) is 53.6 Å². The van der Waals surface area contributed by atoms with Gasteiger partial charge in [0.25, 0.3) is 5.91 Å². The molecule has 33 heavy (non-hydrogen) atoms. The largest absolute Gasteiger partial charge is 0.348 e. The number of carbonyl (C=O) groups is 1. The molecule has 1 aliphatic rings. The first-order valence-corrected chi connectivity index (χ1v) is 12.6. The highest BCUT2D eigenvalue weighted by molar-refractivity contribution is 7.89. The fourth-order valence-electron chi connectivity index (χ4n) is 4.24. The molecule has 174 valence electrons. The van der Waals surface area contributed by atoms with E-state index in [2.05, 4.69) is 15.4 Å². The Morgan fingerprint density at radius 3 is 2.42 bits per heavy atom. The van der Waals surface area contributed by atoms with Crippen molar-refractivity contribution in [1.82, 2.24) is 24.4 Å². The third-order valence-corrected chi connectivity index (χ3v) is 8.16. The second kappa shape index (κ2) is 10.3. The molecule has 0 unspecified atom stereocenters. The maximum absolute atomic E-state index is 13.0. The topological polar surface area (TPSA) is 97.2 Å². The highest BCUT2D eigenvalue weighted by Gasteiger charge is 2.29. The van der Waals surface area contributed by atoms with Gasteiger partial charge in [0, 0.05) is 25.2 Å². The van der Waals surface area contributed by atoms with Gasteiger partial charge in [-0.05, 0) is 48.2 Å². The van der Waals surface area contributed by atoms with Crippen molar-refractivity contribution in [1.29, 1.82) is 0 Å². The molecule has 0 bridgehead atoms. The Morgan fingerprint density at radius 2 is 1.76 bits per heavy atom. The van der Waals surface area contributed by atoms with Crippen LogP contribution in [0.3, 0.4) is 0 Å². The van der Waals surface area contributed by atoms with Crippen LogP contribution in [0.25, 0.3) is 0 Å². The molecule has 1 N–H and O–H groups in total. The minimum atomic E-state index is -3.58. The molecule has 3 aromatic rings. The van der Waals surface area contributed by atoms with Crippen LogP contribution >= 0.6 is 0 Å². The van der Waals surface area contributed by atoms with E-state index in [-0.39, 0.29) is 16.8 Å². The predicted molar refractivity (Wildman–Crippen MR) is 125 cm³/mol. The summed E-state index contributed by atoms with van der Waals surface area (Å²) >= 11 is 0. The van der Waals surface area contributed by atoms with Gasteiger partial charge in [-0.25, -0.2) is 18.1 Å². The number of hydrogen-bond donors (Lipinski definition) is 1. The minimum absolute atomic E-state index is 0.0457. The van der Waals surface area contributed by atoms with Crippen molar-refractivity contribution < 1.29 is 13.2 Å². The lowest BCUT2D eigenvalue weighted by molar-refractivity contribution is 0.0950. The Hall–Kier alpha value is -3.04. The average Bonchev–Trinajstić information content (AvgIpc) is 3.36. The van der Waals surface area contributed by atoms with E-state index in [0.717, 1.165) is 36.8 Å². The summed E-state index contributed by atoms with van der Waals surface area (Å²) in [5.74, 6) is -0.254. The number of rotatable bonds is 8. The van der Waals surface area contributed by atoms with E-state index in [4.69, 9.17) is 0 Å². The average molecular weight is 468 g/mol. The molecule has 1 saturated carbocycles. The van der Waals surface area contributed by atoms with Crippen LogP contribution in [0.4, 0.5) is 0 Å². The quantitative estimate of drug-likeness (QED) is 0.549. The Balaban J connectivity index is 1.40. The van der Waals surface area contributed by atoms with E-state index in [0.29, 0.717) is 18.7 Å². The van der Waals surface area contributed by atoms with Gasteiger partial charge in [0.05, 0.1) is 11.4 Å². The van der Waals surface area contributed by atoms with Gasteiger partial charge < -0.3 is 5.32 Å². The predicted octanol–water partition coefficient (Wildman–Crippen LogP) is 3.21. The van der Waals surface area contributed by atoms with Crippen molar-refractivity contribution in [3.05, 3.63) is 77.9 Å². The standard InChI is InChI=1S/C24H29N5O3S/c1-28(22-9-3-2-4-10-22)33(31,32)23-13-11-19(12-14-23)24(30)26-15-20-7-5-6-8-21(20)16-29-18-25-17-27-29/h5-8,11-14,17-18,22H,2-4,9-10,15-16H2,1H3,(H,26,30). The molecule has 9 heteroatoms. The van der Waals surface area contributed by atoms with Crippen LogP contribution in [0, 0.1) is 0 Å². The maximum atomic E-state index is 13.0. The summed E-state index contributed by atoms with van der Waals surface area (Å²) in [6.07, 6.45) is 8.22. The molecule has 1 amide bonds. The van der Waals surface area contributed by atoms with Crippen molar-refractivity contribution in [3.63, 3.8) is 0 Å². The highest BCUT2D eigenvalue weighted by atomic mass is 32.2. The van der Waals surface area contributed by atoms with E-state index < -0.39 is 10.0 Å². The molecule has 0 spiro atoms. The second-order valence-corrected chi connectivity index (χ2v) is 10.4. The van der Waals surface area contributed by atoms with Crippen molar-refractivity contribution >= 4 is 15.9 Å². The molecule has 0 saturated heterocycles. The van der Waals surface area contributed by atoms with Gasteiger partial charge in [-0.3, -0.25) is 4.79 Å². The second-order valence-electron chi connectivity index (χ2n) is 8.38. The zero-order chi connectivity index (χ0) is 23.3. The fourth-order valence-corrected chi connectivity index (χ4v) is 5.65. The normalized spacial score (nSPS) is 15.0. The van der Waals surface area contributed by atoms with Crippen LogP contribution in [0.2, 0.25) is 0 Å². The van der Waals surface area contributed by atoms with Gasteiger partial charge in [0.15, 0.2) is 0 Å². The molecule has 1 aromatic heterocycles. The Bertz CT molecular complexity index is 1170. The molecule has 0 radical (unpaired) electrons. The van der Waals surface area contributed by atoms with Gasteiger partial charge in [0.2, 0.25) is 10.0 Å². The first-order valence-electron chi connectivity index (χ1n) is 11.2. The molecular formula is C24H29N5O3S. The Kier molecular flexibility index (Phi) is 7.20. The third-order valence-electron chi connectivity index (χ3n) is 6.24. The molecule has 8 nitrogen and oxygen atoms in total. The number of nitrogens with zero attached hydrogens (tertiary/aromatic N) is 4. The third kappa shape index (κ3) is 5.48. The number of benzene rings is 2. The summed E-state index contributed by atoms with van der Waals surface area (Å²) < 4.78 is 29.2. The van der Waals surface area contributed by atoms with Crippen molar-refractivity contribution in [2.75, 3.05) is 7.05 Å². The van der Waals surface area contributed by atoms with E-state index >= 15 is 0 Å². The van der Waals surface area contributed by atoms with Crippen molar-refractivity contribution in [3.8, 4) is 0 Å². The summed E-state index contributed by atoms with van der Waals surface area (Å²) in [6, 6.07) is 14.0. The summed E-state index contributed by atoms with van der Waals surface area (Å²) in [5.41, 5.74) is 2.44. The van der Waals surface area contributed by atoms with E-state index in [9.17, 15) is 13.2 Å². The fraction of sp³-hybridized carbons (Fsp3) is 0.375. The molecule has 1 aliphatic carbocycles. The molecule has 2 aromatic carbocycles. The number of amides is 1. The van der Waals surface area contributed by atoms with Gasteiger partial charge in [-0.1, -0.05) is 43.5 Å². The van der Waals surface area contributed by atoms with E-state index in [1.807, 2.05) is 24.3 Å². The highest BCUT2D eigenvalue weighted by Crippen LogP contribution is 2.26. The van der Waals surface area contributed by atoms with Gasteiger partial charge in [-0.15, -0.1) is 0 Å². The molecule has 1 heterocycles. The van der Waals surface area contributed by atoms with Crippen molar-refractivity contribution in [2.45, 2.75) is 56.1 Å². The minimum Gasteiger partial charge on any atom is -0.348 e. The summed E-state index contributed by atoms with van der Waals surface area (Å²) in [6.45, 7) is 0.918. The van der Waals surface area contributed by atoms with Crippen LogP contribution in [0.15, 0.2) is 66.1 Å². The molecule has 0 atom stereocenters. The van der Waals surface area contributed by atoms with Crippen molar-refractivity contribution in [2.24, 2.45) is 0 Å². The number of hydrogen-bond acceptors (Lipinski definition) is 5. The summed E-state index contributed by atoms with van der Waals surface area (Å²) in [7, 11) is -1.92. The van der Waals surface area contributed by atoms with E-state index in [1.54, 1.807) is 30.2 Å². The van der Waals surface area contributed by atoms with Crippen LogP contribution in [-0.2, 0) is 23.1 Å². The van der Waals surface area contributed by atoms with Gasteiger partial charge in [-0.2, -0.15) is 9.40 Å².